The first kappa shape index (κ1) is 12.5. The van der Waals surface area contributed by atoms with Crippen molar-refractivity contribution in [2.24, 2.45) is 0 Å². The predicted molar refractivity (Wildman–Crippen MR) is 68.6 cm³/mol. The molecule has 2 heterocycles. The van der Waals surface area contributed by atoms with Gasteiger partial charge >= 0.3 is 0 Å². The third kappa shape index (κ3) is 3.48. The summed E-state index contributed by atoms with van der Waals surface area (Å²) in [4.78, 5) is 11.1. The van der Waals surface area contributed by atoms with Crippen LogP contribution in [0.3, 0.4) is 0 Å². The van der Waals surface area contributed by atoms with Crippen LogP contribution < -0.4 is 5.32 Å². The lowest BCUT2D eigenvalue weighted by Gasteiger charge is -2.32. The van der Waals surface area contributed by atoms with Crippen LogP contribution in [0.4, 0.5) is 0 Å². The number of aromatic nitrogens is 2. The average Bonchev–Trinajstić information content (AvgIpc) is 2.40. The highest BCUT2D eigenvalue weighted by molar-refractivity contribution is 4.93. The lowest BCUT2D eigenvalue weighted by molar-refractivity contribution is 0.169. The maximum atomic E-state index is 4.31. The quantitative estimate of drug-likeness (QED) is 0.840. The molecule has 1 aromatic rings. The minimum atomic E-state index is 0.166. The van der Waals surface area contributed by atoms with E-state index in [0.29, 0.717) is 6.04 Å². The summed E-state index contributed by atoms with van der Waals surface area (Å²) < 4.78 is 0. The molecule has 0 aliphatic carbocycles. The molecule has 1 unspecified atom stereocenters. The molecule has 1 atom stereocenters. The van der Waals surface area contributed by atoms with Crippen LogP contribution in [-0.2, 0) is 6.54 Å². The molecule has 2 rings (SSSR count). The summed E-state index contributed by atoms with van der Waals surface area (Å²) in [5.41, 5.74) is 0.166. The van der Waals surface area contributed by atoms with Gasteiger partial charge in [0.2, 0.25) is 0 Å². The Hall–Kier alpha value is -1.00. The Labute approximate surface area is 103 Å². The molecule has 0 amide bonds. The lowest BCUT2D eigenvalue weighted by atomic mass is 10.1. The fourth-order valence-corrected chi connectivity index (χ4v) is 2.33. The maximum Gasteiger partial charge on any atom is 0.142 e. The first-order chi connectivity index (χ1) is 8.07. The Morgan fingerprint density at radius 1 is 1.41 bits per heavy atom. The molecule has 94 valence electrons. The molecule has 0 aromatic carbocycles. The molecule has 4 nitrogen and oxygen atoms in total. The van der Waals surface area contributed by atoms with Crippen LogP contribution >= 0.6 is 0 Å². The van der Waals surface area contributed by atoms with Gasteiger partial charge in [-0.2, -0.15) is 0 Å². The largest absolute Gasteiger partial charge is 0.310 e. The summed E-state index contributed by atoms with van der Waals surface area (Å²) in [6, 6.07) is 2.44. The Kier molecular flexibility index (Phi) is 3.74. The standard InChI is InChI=1S/C13H22N4/c1-11-5-8-16-13(2,3)10-17(11)9-12-14-6-4-7-15-12/h4,6-7,11,16H,5,8-10H2,1-3H3. The van der Waals surface area contributed by atoms with E-state index in [4.69, 9.17) is 0 Å². The van der Waals surface area contributed by atoms with Crippen LogP contribution in [0.2, 0.25) is 0 Å². The van der Waals surface area contributed by atoms with Gasteiger partial charge in [-0.3, -0.25) is 4.90 Å². The van der Waals surface area contributed by atoms with Gasteiger partial charge in [0.05, 0.1) is 6.54 Å². The van der Waals surface area contributed by atoms with Gasteiger partial charge in [0, 0.05) is 30.5 Å². The van der Waals surface area contributed by atoms with Crippen molar-refractivity contribution >= 4 is 0 Å². The van der Waals surface area contributed by atoms with Crippen molar-refractivity contribution in [2.75, 3.05) is 13.1 Å². The van der Waals surface area contributed by atoms with E-state index in [1.165, 1.54) is 6.42 Å². The van der Waals surface area contributed by atoms with Crippen molar-refractivity contribution in [3.8, 4) is 0 Å². The van der Waals surface area contributed by atoms with Crippen molar-refractivity contribution in [1.82, 2.24) is 20.2 Å². The summed E-state index contributed by atoms with van der Waals surface area (Å²) in [5, 5.41) is 3.58. The third-order valence-electron chi connectivity index (χ3n) is 3.35. The first-order valence-electron chi connectivity index (χ1n) is 6.32. The molecule has 1 saturated heterocycles. The van der Waals surface area contributed by atoms with Crippen LogP contribution in [-0.4, -0.2) is 39.5 Å². The van der Waals surface area contributed by atoms with Gasteiger partial charge in [-0.05, 0) is 39.8 Å². The summed E-state index contributed by atoms with van der Waals surface area (Å²) in [7, 11) is 0. The molecule has 1 aliphatic rings. The number of nitrogens with zero attached hydrogens (tertiary/aromatic N) is 3. The van der Waals surface area contributed by atoms with E-state index in [1.54, 1.807) is 0 Å². The van der Waals surface area contributed by atoms with Crippen LogP contribution in [0.1, 0.15) is 33.0 Å². The second-order valence-corrected chi connectivity index (χ2v) is 5.52. The molecule has 0 radical (unpaired) electrons. The molecule has 1 N–H and O–H groups in total. The zero-order valence-electron chi connectivity index (χ0n) is 11.0. The number of rotatable bonds is 2. The number of hydrogen-bond donors (Lipinski definition) is 1. The Balaban J connectivity index is 2.07. The Bertz CT molecular complexity index is 350. The van der Waals surface area contributed by atoms with Gasteiger partial charge in [-0.25, -0.2) is 9.97 Å². The third-order valence-corrected chi connectivity index (χ3v) is 3.35. The fraction of sp³-hybridized carbons (Fsp3) is 0.692. The van der Waals surface area contributed by atoms with Crippen molar-refractivity contribution in [3.05, 3.63) is 24.3 Å². The van der Waals surface area contributed by atoms with E-state index in [0.717, 1.165) is 25.5 Å². The van der Waals surface area contributed by atoms with Crippen LogP contribution in [0.25, 0.3) is 0 Å². The molecule has 0 bridgehead atoms. The molecule has 1 fully saturated rings. The van der Waals surface area contributed by atoms with Crippen LogP contribution in [0.15, 0.2) is 18.5 Å². The Morgan fingerprint density at radius 2 is 2.12 bits per heavy atom. The summed E-state index contributed by atoms with van der Waals surface area (Å²) >= 11 is 0. The molecule has 4 heteroatoms. The molecular weight excluding hydrogens is 212 g/mol. The molecule has 1 aliphatic heterocycles. The van der Waals surface area contributed by atoms with E-state index in [9.17, 15) is 0 Å². The van der Waals surface area contributed by atoms with Gasteiger partial charge in [0.1, 0.15) is 5.82 Å². The van der Waals surface area contributed by atoms with E-state index >= 15 is 0 Å². The van der Waals surface area contributed by atoms with Crippen molar-refractivity contribution in [2.45, 2.75) is 45.3 Å². The summed E-state index contributed by atoms with van der Waals surface area (Å²) in [6.45, 7) is 9.75. The van der Waals surface area contributed by atoms with Crippen LogP contribution in [0.5, 0.6) is 0 Å². The van der Waals surface area contributed by atoms with E-state index < -0.39 is 0 Å². The first-order valence-corrected chi connectivity index (χ1v) is 6.32. The fourth-order valence-electron chi connectivity index (χ4n) is 2.33. The zero-order valence-corrected chi connectivity index (χ0v) is 11.0. The number of nitrogens with one attached hydrogen (secondary N) is 1. The topological polar surface area (TPSA) is 41.0 Å². The van der Waals surface area contributed by atoms with Crippen molar-refractivity contribution in [3.63, 3.8) is 0 Å². The second kappa shape index (κ2) is 5.10. The zero-order chi connectivity index (χ0) is 12.3. The lowest BCUT2D eigenvalue weighted by Crippen LogP contribution is -2.47. The molecule has 1 aromatic heterocycles. The monoisotopic (exact) mass is 234 g/mol. The minimum absolute atomic E-state index is 0.166. The van der Waals surface area contributed by atoms with Gasteiger partial charge in [0.25, 0.3) is 0 Å². The smallest absolute Gasteiger partial charge is 0.142 e. The van der Waals surface area contributed by atoms with Gasteiger partial charge < -0.3 is 5.32 Å². The molecule has 0 spiro atoms. The predicted octanol–water partition coefficient (Wildman–Crippen LogP) is 1.44. The van der Waals surface area contributed by atoms with Gasteiger partial charge in [0.15, 0.2) is 0 Å². The summed E-state index contributed by atoms with van der Waals surface area (Å²) in [5.74, 6) is 0.914. The Morgan fingerprint density at radius 3 is 2.82 bits per heavy atom. The van der Waals surface area contributed by atoms with E-state index in [2.05, 4.69) is 41.0 Å². The van der Waals surface area contributed by atoms with E-state index in [1.807, 2.05) is 18.5 Å². The van der Waals surface area contributed by atoms with Gasteiger partial charge in [-0.1, -0.05) is 0 Å². The molecule has 17 heavy (non-hydrogen) atoms. The highest BCUT2D eigenvalue weighted by atomic mass is 15.2. The van der Waals surface area contributed by atoms with Crippen LogP contribution in [0, 0.1) is 0 Å². The highest BCUT2D eigenvalue weighted by Crippen LogP contribution is 2.17. The normalized spacial score (nSPS) is 25.5. The van der Waals surface area contributed by atoms with Crippen molar-refractivity contribution < 1.29 is 0 Å². The minimum Gasteiger partial charge on any atom is -0.310 e. The number of hydrogen-bond acceptors (Lipinski definition) is 4. The maximum absolute atomic E-state index is 4.31. The molecular formula is C13H22N4. The second-order valence-electron chi connectivity index (χ2n) is 5.52. The summed E-state index contributed by atoms with van der Waals surface area (Å²) in [6.07, 6.45) is 4.80. The average molecular weight is 234 g/mol. The van der Waals surface area contributed by atoms with E-state index in [-0.39, 0.29) is 5.54 Å². The SMILES string of the molecule is CC1CCNC(C)(C)CN1Cc1ncccn1. The highest BCUT2D eigenvalue weighted by Gasteiger charge is 2.28. The van der Waals surface area contributed by atoms with Crippen molar-refractivity contribution in [1.29, 1.82) is 0 Å². The van der Waals surface area contributed by atoms with Gasteiger partial charge in [-0.15, -0.1) is 0 Å². The molecule has 0 saturated carbocycles.